The maximum absolute atomic E-state index is 5.68. The van der Waals surface area contributed by atoms with Crippen molar-refractivity contribution in [1.82, 2.24) is 15.0 Å². The smallest absolute Gasteiger partial charge is 0.232 e. The molecule has 2 rings (SSSR count). The highest BCUT2D eigenvalue weighted by Crippen LogP contribution is 2.42. The van der Waals surface area contributed by atoms with E-state index in [4.69, 9.17) is 11.5 Å². The van der Waals surface area contributed by atoms with Gasteiger partial charge in [-0.15, -0.1) is 0 Å². The van der Waals surface area contributed by atoms with Gasteiger partial charge in [-0.1, -0.05) is 20.8 Å². The first-order valence-corrected chi connectivity index (χ1v) is 7.14. The standard InChI is InChI=1S/C14H26N6/c1-13(2,3)8-9-6-7-20(14(9,4)5)12-18-10(15)17-11(16)19-12/h9H,6-8H2,1-5H3,(H4,15,16,17,18,19). The van der Waals surface area contributed by atoms with Crippen molar-refractivity contribution in [2.75, 3.05) is 22.9 Å². The minimum Gasteiger partial charge on any atom is -0.368 e. The molecule has 1 saturated heterocycles. The molecule has 0 radical (unpaired) electrons. The molecule has 2 heterocycles. The summed E-state index contributed by atoms with van der Waals surface area (Å²) in [5, 5.41) is 0. The highest BCUT2D eigenvalue weighted by molar-refractivity contribution is 5.43. The number of nitrogens with zero attached hydrogens (tertiary/aromatic N) is 4. The molecule has 0 aromatic carbocycles. The van der Waals surface area contributed by atoms with Crippen LogP contribution in [0.1, 0.15) is 47.5 Å². The Labute approximate surface area is 121 Å². The van der Waals surface area contributed by atoms with Crippen molar-refractivity contribution in [2.24, 2.45) is 11.3 Å². The molecule has 0 spiro atoms. The van der Waals surface area contributed by atoms with E-state index < -0.39 is 0 Å². The fourth-order valence-electron chi connectivity index (χ4n) is 3.11. The molecule has 4 N–H and O–H groups in total. The van der Waals surface area contributed by atoms with E-state index in [9.17, 15) is 0 Å². The second-order valence-electron chi connectivity index (χ2n) is 7.41. The first-order chi connectivity index (χ1) is 9.09. The van der Waals surface area contributed by atoms with Crippen LogP contribution in [0.2, 0.25) is 0 Å². The van der Waals surface area contributed by atoms with Gasteiger partial charge in [-0.05, 0) is 38.0 Å². The summed E-state index contributed by atoms with van der Waals surface area (Å²) >= 11 is 0. The molecule has 0 aliphatic carbocycles. The van der Waals surface area contributed by atoms with Gasteiger partial charge in [-0.3, -0.25) is 0 Å². The third-order valence-corrected chi connectivity index (χ3v) is 4.15. The number of rotatable bonds is 2. The normalized spacial score (nSPS) is 22.2. The van der Waals surface area contributed by atoms with Crippen LogP contribution in [-0.4, -0.2) is 27.0 Å². The molecule has 1 aromatic rings. The third kappa shape index (κ3) is 2.94. The van der Waals surface area contributed by atoms with Crippen molar-refractivity contribution in [2.45, 2.75) is 53.0 Å². The molecule has 1 fully saturated rings. The molecule has 6 heteroatoms. The predicted molar refractivity (Wildman–Crippen MR) is 82.3 cm³/mol. The number of aromatic nitrogens is 3. The van der Waals surface area contributed by atoms with Gasteiger partial charge in [0.05, 0.1) is 0 Å². The highest BCUT2D eigenvalue weighted by Gasteiger charge is 2.43. The number of nitrogens with two attached hydrogens (primary N) is 2. The lowest BCUT2D eigenvalue weighted by Crippen LogP contribution is -2.44. The number of hydrogen-bond donors (Lipinski definition) is 2. The molecule has 1 unspecified atom stereocenters. The summed E-state index contributed by atoms with van der Waals surface area (Å²) in [6.45, 7) is 12.3. The second-order valence-corrected chi connectivity index (χ2v) is 7.41. The zero-order valence-electron chi connectivity index (χ0n) is 13.1. The van der Waals surface area contributed by atoms with E-state index in [1.165, 1.54) is 6.42 Å². The second kappa shape index (κ2) is 4.75. The molecule has 6 nitrogen and oxygen atoms in total. The topological polar surface area (TPSA) is 94.0 Å². The average molecular weight is 278 g/mol. The minimum absolute atomic E-state index is 0.00644. The fourth-order valence-corrected chi connectivity index (χ4v) is 3.11. The van der Waals surface area contributed by atoms with Gasteiger partial charge in [0.25, 0.3) is 0 Å². The summed E-state index contributed by atoms with van der Waals surface area (Å²) in [6.07, 6.45) is 2.31. The summed E-state index contributed by atoms with van der Waals surface area (Å²) < 4.78 is 0. The first kappa shape index (κ1) is 14.8. The Hall–Kier alpha value is -1.59. The first-order valence-electron chi connectivity index (χ1n) is 7.14. The molecule has 20 heavy (non-hydrogen) atoms. The van der Waals surface area contributed by atoms with Crippen molar-refractivity contribution in [3.63, 3.8) is 0 Å². The molecule has 0 bridgehead atoms. The minimum atomic E-state index is -0.00644. The van der Waals surface area contributed by atoms with Crippen molar-refractivity contribution in [1.29, 1.82) is 0 Å². The van der Waals surface area contributed by atoms with E-state index in [-0.39, 0.29) is 17.4 Å². The molecule has 1 aliphatic heterocycles. The Morgan fingerprint density at radius 3 is 2.20 bits per heavy atom. The van der Waals surface area contributed by atoms with Crippen LogP contribution in [0.15, 0.2) is 0 Å². The van der Waals surface area contributed by atoms with Gasteiger partial charge in [-0.25, -0.2) is 0 Å². The predicted octanol–water partition coefficient (Wildman–Crippen LogP) is 2.08. The summed E-state index contributed by atoms with van der Waals surface area (Å²) in [6, 6.07) is 0. The van der Waals surface area contributed by atoms with Crippen LogP contribution in [0.3, 0.4) is 0 Å². The Balaban J connectivity index is 2.26. The lowest BCUT2D eigenvalue weighted by atomic mass is 9.76. The summed E-state index contributed by atoms with van der Waals surface area (Å²) in [5.74, 6) is 1.56. The van der Waals surface area contributed by atoms with E-state index >= 15 is 0 Å². The van der Waals surface area contributed by atoms with Crippen LogP contribution < -0.4 is 16.4 Å². The average Bonchev–Trinajstić information content (AvgIpc) is 2.50. The molecule has 0 saturated carbocycles. The maximum Gasteiger partial charge on any atom is 0.232 e. The molecular weight excluding hydrogens is 252 g/mol. The van der Waals surface area contributed by atoms with Gasteiger partial charge in [0, 0.05) is 12.1 Å². The van der Waals surface area contributed by atoms with Crippen molar-refractivity contribution >= 4 is 17.8 Å². The van der Waals surface area contributed by atoms with Crippen molar-refractivity contribution in [3.05, 3.63) is 0 Å². The molecule has 1 aromatic heterocycles. The van der Waals surface area contributed by atoms with Crippen LogP contribution >= 0.6 is 0 Å². The van der Waals surface area contributed by atoms with Gasteiger partial charge < -0.3 is 16.4 Å². The fraction of sp³-hybridized carbons (Fsp3) is 0.786. The van der Waals surface area contributed by atoms with E-state index in [1.807, 2.05) is 0 Å². The van der Waals surface area contributed by atoms with Crippen molar-refractivity contribution < 1.29 is 0 Å². The van der Waals surface area contributed by atoms with Gasteiger partial charge in [-0.2, -0.15) is 15.0 Å². The molecular formula is C14H26N6. The zero-order valence-corrected chi connectivity index (χ0v) is 13.1. The molecule has 1 aliphatic rings. The van der Waals surface area contributed by atoms with Crippen LogP contribution in [-0.2, 0) is 0 Å². The van der Waals surface area contributed by atoms with Crippen LogP contribution in [0, 0.1) is 11.3 Å². The lowest BCUT2D eigenvalue weighted by Gasteiger charge is -2.38. The summed E-state index contributed by atoms with van der Waals surface area (Å²) in [7, 11) is 0. The Kier molecular flexibility index (Phi) is 3.52. The van der Waals surface area contributed by atoms with Gasteiger partial charge in [0.2, 0.25) is 17.8 Å². The molecule has 0 amide bonds. The summed E-state index contributed by atoms with van der Waals surface area (Å²) in [5.41, 5.74) is 11.7. The van der Waals surface area contributed by atoms with Crippen LogP contribution in [0.25, 0.3) is 0 Å². The SMILES string of the molecule is CC(C)(C)CC1CCN(c2nc(N)nc(N)n2)C1(C)C. The van der Waals surface area contributed by atoms with E-state index in [1.54, 1.807) is 0 Å². The summed E-state index contributed by atoms with van der Waals surface area (Å²) in [4.78, 5) is 14.5. The largest absolute Gasteiger partial charge is 0.368 e. The van der Waals surface area contributed by atoms with E-state index in [0.29, 0.717) is 17.3 Å². The highest BCUT2D eigenvalue weighted by atomic mass is 15.3. The van der Waals surface area contributed by atoms with Gasteiger partial charge in [0.1, 0.15) is 0 Å². The van der Waals surface area contributed by atoms with E-state index in [0.717, 1.165) is 13.0 Å². The van der Waals surface area contributed by atoms with Crippen LogP contribution in [0.5, 0.6) is 0 Å². The van der Waals surface area contributed by atoms with Crippen molar-refractivity contribution in [3.8, 4) is 0 Å². The lowest BCUT2D eigenvalue weighted by molar-refractivity contribution is 0.239. The monoisotopic (exact) mass is 278 g/mol. The van der Waals surface area contributed by atoms with E-state index in [2.05, 4.69) is 54.5 Å². The van der Waals surface area contributed by atoms with Gasteiger partial charge in [0.15, 0.2) is 0 Å². The van der Waals surface area contributed by atoms with Gasteiger partial charge >= 0.3 is 0 Å². The number of anilines is 3. The molecule has 112 valence electrons. The van der Waals surface area contributed by atoms with Crippen LogP contribution in [0.4, 0.5) is 17.8 Å². The third-order valence-electron chi connectivity index (χ3n) is 4.15. The maximum atomic E-state index is 5.68. The quantitative estimate of drug-likeness (QED) is 0.860. The Morgan fingerprint density at radius 2 is 1.70 bits per heavy atom. The Morgan fingerprint density at radius 1 is 1.15 bits per heavy atom. The number of nitrogen functional groups attached to an aromatic ring is 2. The zero-order chi connectivity index (χ0) is 15.1. The number of hydrogen-bond acceptors (Lipinski definition) is 6. The molecule has 1 atom stereocenters. The Bertz CT molecular complexity index is 471.